The van der Waals surface area contributed by atoms with Crippen LogP contribution in [0, 0.1) is 0 Å². The molecule has 0 N–H and O–H groups in total. The van der Waals surface area contributed by atoms with Gasteiger partial charge in [0.1, 0.15) is 0 Å². The van der Waals surface area contributed by atoms with Crippen LogP contribution in [0.1, 0.15) is 24.5 Å². The van der Waals surface area contributed by atoms with E-state index in [1.807, 2.05) is 30.3 Å². The van der Waals surface area contributed by atoms with Gasteiger partial charge < -0.3 is 0 Å². The number of azo groups is 1. The number of benzene rings is 3. The van der Waals surface area contributed by atoms with Crippen LogP contribution in [0.5, 0.6) is 0 Å². The molecular formula is C23H20N2. The molecule has 0 heterocycles. The average Bonchev–Trinajstić information content (AvgIpc) is 3.09. The highest BCUT2D eigenvalue weighted by Gasteiger charge is 2.13. The Kier molecular flexibility index (Phi) is 4.26. The number of allylic oxidation sites excluding steroid dienone is 4. The lowest BCUT2D eigenvalue weighted by molar-refractivity contribution is 0.963. The Balaban J connectivity index is 1.74. The lowest BCUT2D eigenvalue weighted by atomic mass is 9.93. The van der Waals surface area contributed by atoms with Crippen LogP contribution in [0.3, 0.4) is 0 Å². The van der Waals surface area contributed by atoms with Crippen molar-refractivity contribution in [2.45, 2.75) is 19.9 Å². The predicted molar refractivity (Wildman–Crippen MR) is 105 cm³/mol. The molecule has 1 aliphatic carbocycles. The molecule has 2 nitrogen and oxygen atoms in total. The molecule has 0 fully saturated rings. The molecule has 25 heavy (non-hydrogen) atoms. The van der Waals surface area contributed by atoms with Crippen LogP contribution < -0.4 is 0 Å². The number of fused-ring (bicyclic) bond motifs is 1. The molecule has 122 valence electrons. The van der Waals surface area contributed by atoms with E-state index >= 15 is 0 Å². The molecule has 0 unspecified atom stereocenters. The van der Waals surface area contributed by atoms with Crippen molar-refractivity contribution in [3.05, 3.63) is 95.6 Å². The Bertz CT molecular complexity index is 995. The summed E-state index contributed by atoms with van der Waals surface area (Å²) in [6.45, 7) is 2.74. The molecule has 2 heteroatoms. The summed E-state index contributed by atoms with van der Waals surface area (Å²) in [7, 11) is 0. The number of hydrogen-bond acceptors (Lipinski definition) is 2. The van der Waals surface area contributed by atoms with Gasteiger partial charge in [0.05, 0.1) is 12.2 Å². The van der Waals surface area contributed by atoms with Crippen molar-refractivity contribution >= 4 is 22.0 Å². The Hall–Kier alpha value is -3.00. The molecule has 0 aromatic heterocycles. The molecule has 0 saturated heterocycles. The number of hydrogen-bond donors (Lipinski definition) is 0. The van der Waals surface area contributed by atoms with Gasteiger partial charge in [-0.25, -0.2) is 0 Å². The van der Waals surface area contributed by atoms with Crippen molar-refractivity contribution in [1.29, 1.82) is 0 Å². The molecule has 0 atom stereocenters. The van der Waals surface area contributed by atoms with Crippen LogP contribution in [0.25, 0.3) is 16.3 Å². The zero-order valence-corrected chi connectivity index (χ0v) is 14.3. The van der Waals surface area contributed by atoms with E-state index in [9.17, 15) is 0 Å². The second-order valence-electron chi connectivity index (χ2n) is 6.37. The van der Waals surface area contributed by atoms with Gasteiger partial charge in [-0.1, -0.05) is 72.3 Å². The predicted octanol–water partition coefficient (Wildman–Crippen LogP) is 6.86. The quantitative estimate of drug-likeness (QED) is 0.468. The minimum atomic E-state index is 0.585. The first-order valence-electron chi connectivity index (χ1n) is 8.62. The average molecular weight is 324 g/mol. The lowest BCUT2D eigenvalue weighted by Gasteiger charge is -2.12. The molecule has 0 aliphatic heterocycles. The number of nitrogens with zero attached hydrogens (tertiary/aromatic N) is 2. The summed E-state index contributed by atoms with van der Waals surface area (Å²) in [5.41, 5.74) is 6.14. The lowest BCUT2D eigenvalue weighted by Crippen LogP contribution is -1.93. The summed E-state index contributed by atoms with van der Waals surface area (Å²) in [5.74, 6) is 0. The monoisotopic (exact) mass is 324 g/mol. The van der Waals surface area contributed by atoms with Crippen LogP contribution in [0.15, 0.2) is 94.7 Å². The second kappa shape index (κ2) is 6.86. The van der Waals surface area contributed by atoms with Gasteiger partial charge in [-0.05, 0) is 52.9 Å². The van der Waals surface area contributed by atoms with E-state index in [2.05, 4.69) is 65.7 Å². The van der Waals surface area contributed by atoms with Gasteiger partial charge in [-0.2, -0.15) is 10.2 Å². The van der Waals surface area contributed by atoms with Gasteiger partial charge in [-0.15, -0.1) is 0 Å². The maximum absolute atomic E-state index is 4.49. The highest BCUT2D eigenvalue weighted by atomic mass is 15.1. The standard InChI is InChI=1S/C23H20N2/c1-17-11-12-19(15-17)22-14-13-18-7-5-6-10-21(18)23(22)16-24-25-20-8-3-2-4-9-20/h2-11,13-15H,12,16H2,1H3. The van der Waals surface area contributed by atoms with Crippen molar-refractivity contribution in [3.63, 3.8) is 0 Å². The Morgan fingerprint density at radius 2 is 1.68 bits per heavy atom. The molecule has 0 bridgehead atoms. The zero-order chi connectivity index (χ0) is 17.1. The normalized spacial score (nSPS) is 14.1. The SMILES string of the molecule is CC1=CCC(c2ccc3ccccc3c2CN=Nc2ccccc2)=C1. The van der Waals surface area contributed by atoms with Gasteiger partial charge in [0.2, 0.25) is 0 Å². The van der Waals surface area contributed by atoms with Gasteiger partial charge >= 0.3 is 0 Å². The van der Waals surface area contributed by atoms with E-state index < -0.39 is 0 Å². The smallest absolute Gasteiger partial charge is 0.0865 e. The van der Waals surface area contributed by atoms with Crippen LogP contribution in [-0.4, -0.2) is 0 Å². The Morgan fingerprint density at radius 3 is 2.48 bits per heavy atom. The third-order valence-electron chi connectivity index (χ3n) is 4.60. The Morgan fingerprint density at radius 1 is 0.880 bits per heavy atom. The fourth-order valence-electron chi connectivity index (χ4n) is 3.34. The van der Waals surface area contributed by atoms with Crippen molar-refractivity contribution in [2.24, 2.45) is 10.2 Å². The maximum Gasteiger partial charge on any atom is 0.0865 e. The topological polar surface area (TPSA) is 24.7 Å². The van der Waals surface area contributed by atoms with Gasteiger partial charge in [0.25, 0.3) is 0 Å². The van der Waals surface area contributed by atoms with Gasteiger partial charge in [0, 0.05) is 0 Å². The van der Waals surface area contributed by atoms with Crippen molar-refractivity contribution in [1.82, 2.24) is 0 Å². The maximum atomic E-state index is 4.49. The largest absolute Gasteiger partial charge is 0.184 e. The highest BCUT2D eigenvalue weighted by Crippen LogP contribution is 2.33. The minimum absolute atomic E-state index is 0.585. The van der Waals surface area contributed by atoms with Gasteiger partial charge in [0.15, 0.2) is 0 Å². The highest BCUT2D eigenvalue weighted by molar-refractivity contribution is 5.91. The van der Waals surface area contributed by atoms with Crippen LogP contribution in [0.4, 0.5) is 5.69 Å². The van der Waals surface area contributed by atoms with Crippen molar-refractivity contribution < 1.29 is 0 Å². The van der Waals surface area contributed by atoms with E-state index in [1.54, 1.807) is 0 Å². The third kappa shape index (κ3) is 3.29. The van der Waals surface area contributed by atoms with E-state index in [4.69, 9.17) is 0 Å². The first-order valence-corrected chi connectivity index (χ1v) is 8.62. The summed E-state index contributed by atoms with van der Waals surface area (Å²) >= 11 is 0. The van der Waals surface area contributed by atoms with Gasteiger partial charge in [-0.3, -0.25) is 0 Å². The van der Waals surface area contributed by atoms with E-state index in [-0.39, 0.29) is 0 Å². The van der Waals surface area contributed by atoms with E-state index in [1.165, 1.54) is 33.0 Å². The first-order chi connectivity index (χ1) is 12.3. The molecule has 0 saturated carbocycles. The Labute approximate surface area is 148 Å². The summed E-state index contributed by atoms with van der Waals surface area (Å²) < 4.78 is 0. The fraction of sp³-hybridized carbons (Fsp3) is 0.130. The minimum Gasteiger partial charge on any atom is -0.184 e. The molecule has 0 amide bonds. The van der Waals surface area contributed by atoms with Crippen molar-refractivity contribution in [3.8, 4) is 0 Å². The summed E-state index contributed by atoms with van der Waals surface area (Å²) in [6.07, 6.45) is 5.55. The third-order valence-corrected chi connectivity index (χ3v) is 4.60. The zero-order valence-electron chi connectivity index (χ0n) is 14.3. The second-order valence-corrected chi connectivity index (χ2v) is 6.37. The van der Waals surface area contributed by atoms with E-state index in [0.717, 1.165) is 12.1 Å². The summed E-state index contributed by atoms with van der Waals surface area (Å²) in [5, 5.41) is 11.4. The first kappa shape index (κ1) is 15.5. The van der Waals surface area contributed by atoms with Crippen LogP contribution >= 0.6 is 0 Å². The van der Waals surface area contributed by atoms with Crippen LogP contribution in [0.2, 0.25) is 0 Å². The molecule has 4 rings (SSSR count). The molecule has 1 aliphatic rings. The van der Waals surface area contributed by atoms with E-state index in [0.29, 0.717) is 6.54 Å². The molecule has 3 aromatic carbocycles. The molecule has 0 radical (unpaired) electrons. The number of rotatable bonds is 4. The van der Waals surface area contributed by atoms with Crippen LogP contribution in [-0.2, 0) is 6.54 Å². The molecule has 0 spiro atoms. The molecule has 3 aromatic rings. The summed E-state index contributed by atoms with van der Waals surface area (Å²) in [6, 6.07) is 22.8. The summed E-state index contributed by atoms with van der Waals surface area (Å²) in [4.78, 5) is 0. The molecular weight excluding hydrogens is 304 g/mol. The van der Waals surface area contributed by atoms with Crippen molar-refractivity contribution in [2.75, 3.05) is 0 Å². The fourth-order valence-corrected chi connectivity index (χ4v) is 3.34.